The van der Waals surface area contributed by atoms with Crippen LogP contribution >= 0.6 is 0 Å². The van der Waals surface area contributed by atoms with Crippen LogP contribution in [0.15, 0.2) is 41.7 Å². The van der Waals surface area contributed by atoms with Gasteiger partial charge in [-0.1, -0.05) is 44.2 Å². The summed E-state index contributed by atoms with van der Waals surface area (Å²) in [5, 5.41) is 10.4. The molecule has 1 aliphatic carbocycles. The van der Waals surface area contributed by atoms with Gasteiger partial charge in [-0.25, -0.2) is 4.79 Å². The van der Waals surface area contributed by atoms with Gasteiger partial charge in [-0.15, -0.1) is 0 Å². The highest BCUT2D eigenvalue weighted by Crippen LogP contribution is 2.49. The predicted molar refractivity (Wildman–Crippen MR) is 76.3 cm³/mol. The van der Waals surface area contributed by atoms with E-state index in [0.717, 1.165) is 18.4 Å². The molecule has 0 spiro atoms. The van der Waals surface area contributed by atoms with Gasteiger partial charge in [-0.3, -0.25) is 0 Å². The van der Waals surface area contributed by atoms with Gasteiger partial charge in [0.25, 0.3) is 0 Å². The number of ether oxygens (including phenoxy) is 1. The molecule has 3 nitrogen and oxygen atoms in total. The fraction of sp³-hybridized carbons (Fsp3) is 0.471. The molecule has 2 aliphatic rings. The van der Waals surface area contributed by atoms with E-state index in [9.17, 15) is 9.90 Å². The Balaban J connectivity index is 2.01. The molecule has 0 amide bonds. The third-order valence-electron chi connectivity index (χ3n) is 4.17. The molecule has 0 saturated heterocycles. The Morgan fingerprint density at radius 3 is 2.35 bits per heavy atom. The van der Waals surface area contributed by atoms with Gasteiger partial charge in [0.15, 0.2) is 6.10 Å². The van der Waals surface area contributed by atoms with Gasteiger partial charge in [0.2, 0.25) is 0 Å². The molecule has 1 saturated carbocycles. The summed E-state index contributed by atoms with van der Waals surface area (Å²) in [6.45, 7) is 3.90. The van der Waals surface area contributed by atoms with Crippen LogP contribution in [0, 0.1) is 11.8 Å². The first-order valence-corrected chi connectivity index (χ1v) is 7.28. The topological polar surface area (TPSA) is 46.5 Å². The summed E-state index contributed by atoms with van der Waals surface area (Å²) >= 11 is 0. The van der Waals surface area contributed by atoms with Crippen LogP contribution in [-0.4, -0.2) is 17.2 Å². The minimum atomic E-state index is -0.484. The Hall–Kier alpha value is -1.77. The molecule has 1 aromatic carbocycles. The first kappa shape index (κ1) is 13.2. The maximum Gasteiger partial charge on any atom is 0.338 e. The van der Waals surface area contributed by atoms with Crippen molar-refractivity contribution in [2.45, 2.75) is 38.7 Å². The maximum absolute atomic E-state index is 12.2. The van der Waals surface area contributed by atoms with Gasteiger partial charge in [0, 0.05) is 5.92 Å². The van der Waals surface area contributed by atoms with E-state index in [4.69, 9.17) is 4.74 Å². The molecule has 1 N–H and O–H groups in total. The van der Waals surface area contributed by atoms with Gasteiger partial charge < -0.3 is 9.84 Å². The molecule has 0 aromatic heterocycles. The highest BCUT2D eigenvalue weighted by molar-refractivity contribution is 5.93. The van der Waals surface area contributed by atoms with Crippen molar-refractivity contribution in [1.29, 1.82) is 0 Å². The lowest BCUT2D eigenvalue weighted by atomic mass is 9.85. The van der Waals surface area contributed by atoms with Crippen LogP contribution in [0.5, 0.6) is 0 Å². The predicted octanol–water partition coefficient (Wildman–Crippen LogP) is 3.57. The molecular formula is C17H20O3. The van der Waals surface area contributed by atoms with Crippen molar-refractivity contribution >= 4 is 5.97 Å². The highest BCUT2D eigenvalue weighted by Gasteiger charge is 2.45. The largest absolute Gasteiger partial charge is 0.508 e. The standard InChI is InChI=1S/C17H20O3/c1-10(2)16-15(18)14(17(19)20-16)13(12-8-9-12)11-6-4-3-5-7-11/h3-7,10,12-13,16,18H,8-9H2,1-2H3. The van der Waals surface area contributed by atoms with Crippen molar-refractivity contribution < 1.29 is 14.6 Å². The SMILES string of the molecule is CC(C)C1OC(=O)C(C(c2ccccc2)C2CC2)=C1O. The molecule has 0 bridgehead atoms. The number of carbonyl (C=O) groups excluding carboxylic acids is 1. The third-order valence-corrected chi connectivity index (χ3v) is 4.17. The second kappa shape index (κ2) is 4.97. The Labute approximate surface area is 119 Å². The quantitative estimate of drug-likeness (QED) is 0.852. The Morgan fingerprint density at radius 2 is 1.85 bits per heavy atom. The molecule has 20 heavy (non-hydrogen) atoms. The molecule has 3 rings (SSSR count). The zero-order chi connectivity index (χ0) is 14.3. The van der Waals surface area contributed by atoms with Crippen molar-refractivity contribution in [2.75, 3.05) is 0 Å². The van der Waals surface area contributed by atoms with Gasteiger partial charge in [-0.2, -0.15) is 0 Å². The number of hydrogen-bond acceptors (Lipinski definition) is 3. The van der Waals surface area contributed by atoms with Gasteiger partial charge in [0.05, 0.1) is 5.57 Å². The van der Waals surface area contributed by atoms with Crippen molar-refractivity contribution in [3.05, 3.63) is 47.2 Å². The highest BCUT2D eigenvalue weighted by atomic mass is 16.6. The summed E-state index contributed by atoms with van der Waals surface area (Å²) in [5.74, 6) is 0.320. The fourth-order valence-corrected chi connectivity index (χ4v) is 3.00. The summed E-state index contributed by atoms with van der Waals surface area (Å²) in [4.78, 5) is 12.2. The van der Waals surface area contributed by atoms with Gasteiger partial charge in [-0.05, 0) is 30.2 Å². The molecule has 1 aromatic rings. The molecule has 1 fully saturated rings. The summed E-state index contributed by atoms with van der Waals surface area (Å²) in [6, 6.07) is 9.97. The van der Waals surface area contributed by atoms with Crippen LogP contribution in [-0.2, 0) is 9.53 Å². The molecule has 106 valence electrons. The average molecular weight is 272 g/mol. The van der Waals surface area contributed by atoms with E-state index in [1.807, 2.05) is 44.2 Å². The second-order valence-corrected chi connectivity index (χ2v) is 6.09. The van der Waals surface area contributed by atoms with E-state index in [0.29, 0.717) is 11.5 Å². The number of hydrogen-bond donors (Lipinski definition) is 1. The zero-order valence-electron chi connectivity index (χ0n) is 11.9. The normalized spacial score (nSPS) is 24.1. The zero-order valence-corrected chi connectivity index (χ0v) is 11.9. The lowest BCUT2D eigenvalue weighted by Gasteiger charge is -2.16. The monoisotopic (exact) mass is 272 g/mol. The number of cyclic esters (lactones) is 1. The van der Waals surface area contributed by atoms with Crippen molar-refractivity contribution in [1.82, 2.24) is 0 Å². The Bertz CT molecular complexity index is 541. The molecule has 2 unspecified atom stereocenters. The smallest absolute Gasteiger partial charge is 0.338 e. The average Bonchev–Trinajstić information content (AvgIpc) is 3.21. The lowest BCUT2D eigenvalue weighted by molar-refractivity contribution is -0.142. The van der Waals surface area contributed by atoms with Crippen LogP contribution in [0.25, 0.3) is 0 Å². The Morgan fingerprint density at radius 1 is 1.20 bits per heavy atom. The van der Waals surface area contributed by atoms with Crippen molar-refractivity contribution in [3.8, 4) is 0 Å². The molecule has 1 heterocycles. The lowest BCUT2D eigenvalue weighted by Crippen LogP contribution is -2.18. The minimum Gasteiger partial charge on any atom is -0.508 e. The first-order valence-electron chi connectivity index (χ1n) is 7.28. The first-order chi connectivity index (χ1) is 9.59. The number of benzene rings is 1. The summed E-state index contributed by atoms with van der Waals surface area (Å²) < 4.78 is 5.37. The van der Waals surface area contributed by atoms with E-state index in [1.165, 1.54) is 0 Å². The molecular weight excluding hydrogens is 252 g/mol. The van der Waals surface area contributed by atoms with Crippen molar-refractivity contribution in [2.24, 2.45) is 11.8 Å². The second-order valence-electron chi connectivity index (χ2n) is 6.09. The third kappa shape index (κ3) is 2.21. The molecule has 1 aliphatic heterocycles. The van der Waals surface area contributed by atoms with Crippen LogP contribution in [0.3, 0.4) is 0 Å². The molecule has 3 heteroatoms. The number of aliphatic hydroxyl groups is 1. The maximum atomic E-state index is 12.2. The number of carbonyl (C=O) groups is 1. The fourth-order valence-electron chi connectivity index (χ4n) is 3.00. The summed E-state index contributed by atoms with van der Waals surface area (Å²) in [5.41, 5.74) is 1.58. The number of rotatable bonds is 4. The van der Waals surface area contributed by atoms with E-state index < -0.39 is 6.10 Å². The molecule has 2 atom stereocenters. The van der Waals surface area contributed by atoms with E-state index in [1.54, 1.807) is 0 Å². The van der Waals surface area contributed by atoms with Crippen molar-refractivity contribution in [3.63, 3.8) is 0 Å². The van der Waals surface area contributed by atoms with E-state index in [-0.39, 0.29) is 23.6 Å². The number of esters is 1. The van der Waals surface area contributed by atoms with Gasteiger partial charge in [0.1, 0.15) is 5.76 Å². The number of aliphatic hydroxyl groups excluding tert-OH is 1. The van der Waals surface area contributed by atoms with E-state index in [2.05, 4.69) is 0 Å². The van der Waals surface area contributed by atoms with Crippen LogP contribution in [0.2, 0.25) is 0 Å². The van der Waals surface area contributed by atoms with E-state index >= 15 is 0 Å². The minimum absolute atomic E-state index is 0.0209. The van der Waals surface area contributed by atoms with Crippen LogP contribution in [0.4, 0.5) is 0 Å². The van der Waals surface area contributed by atoms with Gasteiger partial charge >= 0.3 is 5.97 Å². The van der Waals surface area contributed by atoms with Crippen LogP contribution in [0.1, 0.15) is 38.2 Å². The summed E-state index contributed by atoms with van der Waals surface area (Å²) in [6.07, 6.45) is 1.73. The summed E-state index contributed by atoms with van der Waals surface area (Å²) in [7, 11) is 0. The molecule has 0 radical (unpaired) electrons. The van der Waals surface area contributed by atoms with Crippen LogP contribution < -0.4 is 0 Å². The Kier molecular flexibility index (Phi) is 3.28.